The van der Waals surface area contributed by atoms with Crippen LogP contribution in [0.15, 0.2) is 30.3 Å². The van der Waals surface area contributed by atoms with E-state index in [0.29, 0.717) is 6.04 Å². The fourth-order valence-electron chi connectivity index (χ4n) is 2.83. The van der Waals surface area contributed by atoms with Crippen LogP contribution in [0.4, 0.5) is 11.6 Å². The Labute approximate surface area is 132 Å². The van der Waals surface area contributed by atoms with Crippen LogP contribution in [0.1, 0.15) is 37.2 Å². The maximum absolute atomic E-state index is 4.64. The van der Waals surface area contributed by atoms with Gasteiger partial charge in [-0.1, -0.05) is 31.2 Å². The van der Waals surface area contributed by atoms with Gasteiger partial charge < -0.3 is 10.2 Å². The number of hydrogen-bond donors (Lipinski definition) is 1. The van der Waals surface area contributed by atoms with Crippen molar-refractivity contribution in [3.63, 3.8) is 0 Å². The van der Waals surface area contributed by atoms with E-state index < -0.39 is 0 Å². The molecule has 1 aromatic heterocycles. The SMILES string of the molecule is CC[C@@H](C)Nc1cc(N2CCc3ccccc3C2)nc(C)n1. The molecule has 1 aliphatic rings. The normalized spacial score (nSPS) is 15.3. The zero-order valence-corrected chi connectivity index (χ0v) is 13.6. The highest BCUT2D eigenvalue weighted by molar-refractivity contribution is 5.51. The van der Waals surface area contributed by atoms with Gasteiger partial charge in [0.25, 0.3) is 0 Å². The van der Waals surface area contributed by atoms with E-state index in [4.69, 9.17) is 0 Å². The van der Waals surface area contributed by atoms with E-state index in [1.807, 2.05) is 6.92 Å². The molecule has 0 unspecified atom stereocenters. The number of rotatable bonds is 4. The Morgan fingerprint density at radius 2 is 2.00 bits per heavy atom. The monoisotopic (exact) mass is 296 g/mol. The van der Waals surface area contributed by atoms with Gasteiger partial charge in [0.1, 0.15) is 17.5 Å². The number of nitrogens with one attached hydrogen (secondary N) is 1. The van der Waals surface area contributed by atoms with Crippen LogP contribution in [0.2, 0.25) is 0 Å². The molecular formula is C18H24N4. The van der Waals surface area contributed by atoms with Crippen LogP contribution in [0, 0.1) is 6.92 Å². The van der Waals surface area contributed by atoms with Gasteiger partial charge in [0.15, 0.2) is 0 Å². The Kier molecular flexibility index (Phi) is 4.27. The Morgan fingerprint density at radius 3 is 2.77 bits per heavy atom. The predicted octanol–water partition coefficient (Wildman–Crippen LogP) is 3.56. The van der Waals surface area contributed by atoms with E-state index >= 15 is 0 Å². The molecular weight excluding hydrogens is 272 g/mol. The summed E-state index contributed by atoms with van der Waals surface area (Å²) < 4.78 is 0. The molecule has 0 spiro atoms. The lowest BCUT2D eigenvalue weighted by molar-refractivity contribution is 0.714. The summed E-state index contributed by atoms with van der Waals surface area (Å²) in [5, 5.41) is 3.45. The maximum Gasteiger partial charge on any atom is 0.134 e. The summed E-state index contributed by atoms with van der Waals surface area (Å²) in [5.74, 6) is 2.77. The Bertz CT molecular complexity index is 653. The molecule has 1 aliphatic heterocycles. The van der Waals surface area contributed by atoms with Gasteiger partial charge in [-0.25, -0.2) is 9.97 Å². The fraction of sp³-hybridized carbons (Fsp3) is 0.444. The maximum atomic E-state index is 4.64. The molecule has 2 aromatic rings. The van der Waals surface area contributed by atoms with Crippen LogP contribution in [0.25, 0.3) is 0 Å². The number of anilines is 2. The van der Waals surface area contributed by atoms with Crippen molar-refractivity contribution in [1.82, 2.24) is 9.97 Å². The molecule has 0 saturated heterocycles. The smallest absolute Gasteiger partial charge is 0.134 e. The van der Waals surface area contributed by atoms with E-state index in [9.17, 15) is 0 Å². The number of benzene rings is 1. The molecule has 1 aromatic carbocycles. The van der Waals surface area contributed by atoms with Crippen molar-refractivity contribution in [2.45, 2.75) is 46.2 Å². The topological polar surface area (TPSA) is 41.0 Å². The second-order valence-corrected chi connectivity index (χ2v) is 6.05. The summed E-state index contributed by atoms with van der Waals surface area (Å²) in [4.78, 5) is 11.5. The van der Waals surface area contributed by atoms with Gasteiger partial charge >= 0.3 is 0 Å². The second kappa shape index (κ2) is 6.34. The van der Waals surface area contributed by atoms with E-state index in [1.54, 1.807) is 0 Å². The summed E-state index contributed by atoms with van der Waals surface area (Å²) >= 11 is 0. The van der Waals surface area contributed by atoms with Crippen LogP contribution in [-0.4, -0.2) is 22.6 Å². The zero-order valence-electron chi connectivity index (χ0n) is 13.6. The second-order valence-electron chi connectivity index (χ2n) is 6.05. The van der Waals surface area contributed by atoms with Crippen LogP contribution in [-0.2, 0) is 13.0 Å². The zero-order chi connectivity index (χ0) is 15.5. The molecule has 4 heteroatoms. The standard InChI is InChI=1S/C18H24N4/c1-4-13(2)19-17-11-18(21-14(3)20-17)22-10-9-15-7-5-6-8-16(15)12-22/h5-8,11,13H,4,9-10,12H2,1-3H3,(H,19,20,21)/t13-/m1/s1. The summed E-state index contributed by atoms with van der Waals surface area (Å²) in [6.07, 6.45) is 2.16. The largest absolute Gasteiger partial charge is 0.367 e. The highest BCUT2D eigenvalue weighted by Crippen LogP contribution is 2.24. The van der Waals surface area contributed by atoms with Gasteiger partial charge in [-0.3, -0.25) is 0 Å². The van der Waals surface area contributed by atoms with Crippen molar-refractivity contribution < 1.29 is 0 Å². The fourth-order valence-corrected chi connectivity index (χ4v) is 2.83. The Hall–Kier alpha value is -2.10. The van der Waals surface area contributed by atoms with Crippen LogP contribution in [0.3, 0.4) is 0 Å². The molecule has 116 valence electrons. The lowest BCUT2D eigenvalue weighted by atomic mass is 10.00. The lowest BCUT2D eigenvalue weighted by Crippen LogP contribution is -2.31. The summed E-state index contributed by atoms with van der Waals surface area (Å²) in [5.41, 5.74) is 2.86. The first-order valence-corrected chi connectivity index (χ1v) is 8.09. The van der Waals surface area contributed by atoms with E-state index in [2.05, 4.69) is 64.4 Å². The summed E-state index contributed by atoms with van der Waals surface area (Å²) in [6, 6.07) is 11.2. The van der Waals surface area contributed by atoms with Gasteiger partial charge in [-0.05, 0) is 37.8 Å². The molecule has 1 N–H and O–H groups in total. The van der Waals surface area contributed by atoms with Crippen LogP contribution >= 0.6 is 0 Å². The van der Waals surface area contributed by atoms with Gasteiger partial charge in [-0.2, -0.15) is 0 Å². The Morgan fingerprint density at radius 1 is 1.23 bits per heavy atom. The van der Waals surface area contributed by atoms with Crippen molar-refractivity contribution in [2.75, 3.05) is 16.8 Å². The highest BCUT2D eigenvalue weighted by Gasteiger charge is 2.18. The minimum atomic E-state index is 0.421. The van der Waals surface area contributed by atoms with Crippen LogP contribution < -0.4 is 10.2 Å². The number of aromatic nitrogens is 2. The molecule has 0 saturated carbocycles. The molecule has 0 radical (unpaired) electrons. The molecule has 1 atom stereocenters. The molecule has 0 aliphatic carbocycles. The van der Waals surface area contributed by atoms with Crippen LogP contribution in [0.5, 0.6) is 0 Å². The predicted molar refractivity (Wildman–Crippen MR) is 91.3 cm³/mol. The third-order valence-corrected chi connectivity index (χ3v) is 4.29. The first-order valence-electron chi connectivity index (χ1n) is 8.09. The summed E-state index contributed by atoms with van der Waals surface area (Å²) in [7, 11) is 0. The molecule has 0 fully saturated rings. The van der Waals surface area contributed by atoms with Gasteiger partial charge in [-0.15, -0.1) is 0 Å². The van der Waals surface area contributed by atoms with Gasteiger partial charge in [0.2, 0.25) is 0 Å². The number of nitrogens with zero attached hydrogens (tertiary/aromatic N) is 3. The Balaban J connectivity index is 1.83. The number of hydrogen-bond acceptors (Lipinski definition) is 4. The first kappa shape index (κ1) is 14.8. The van der Waals surface area contributed by atoms with E-state index in [1.165, 1.54) is 11.1 Å². The van der Waals surface area contributed by atoms with Crippen molar-refractivity contribution in [1.29, 1.82) is 0 Å². The third kappa shape index (κ3) is 3.21. The molecule has 3 rings (SSSR count). The summed E-state index contributed by atoms with van der Waals surface area (Å²) in [6.45, 7) is 8.25. The quantitative estimate of drug-likeness (QED) is 0.936. The molecule has 0 bridgehead atoms. The van der Waals surface area contributed by atoms with E-state index in [-0.39, 0.29) is 0 Å². The first-order chi connectivity index (χ1) is 10.7. The van der Waals surface area contributed by atoms with Crippen molar-refractivity contribution in [3.05, 3.63) is 47.3 Å². The lowest BCUT2D eigenvalue weighted by Gasteiger charge is -2.30. The van der Waals surface area contributed by atoms with Crippen molar-refractivity contribution in [3.8, 4) is 0 Å². The number of aryl methyl sites for hydroxylation is 1. The average Bonchev–Trinajstić information content (AvgIpc) is 2.53. The van der Waals surface area contributed by atoms with Gasteiger partial charge in [0.05, 0.1) is 0 Å². The minimum Gasteiger partial charge on any atom is -0.367 e. The third-order valence-electron chi connectivity index (χ3n) is 4.29. The average molecular weight is 296 g/mol. The van der Waals surface area contributed by atoms with Crippen molar-refractivity contribution >= 4 is 11.6 Å². The molecule has 22 heavy (non-hydrogen) atoms. The molecule has 2 heterocycles. The number of fused-ring (bicyclic) bond motifs is 1. The minimum absolute atomic E-state index is 0.421. The molecule has 0 amide bonds. The van der Waals surface area contributed by atoms with E-state index in [0.717, 1.165) is 43.4 Å². The van der Waals surface area contributed by atoms with Crippen molar-refractivity contribution in [2.24, 2.45) is 0 Å². The van der Waals surface area contributed by atoms with Gasteiger partial charge in [0, 0.05) is 25.2 Å². The molecule has 4 nitrogen and oxygen atoms in total. The highest BCUT2D eigenvalue weighted by atomic mass is 15.2.